The number of aromatic nitrogens is 1. The molecule has 1 heterocycles. The van der Waals surface area contributed by atoms with Crippen LogP contribution in [0.2, 0.25) is 0 Å². The number of hydrogen-bond acceptors (Lipinski definition) is 4. The Morgan fingerprint density at radius 3 is 2.71 bits per heavy atom. The highest BCUT2D eigenvalue weighted by Gasteiger charge is 2.13. The fourth-order valence-electron chi connectivity index (χ4n) is 2.23. The number of amides is 1. The number of pyridine rings is 1. The van der Waals surface area contributed by atoms with Crippen LogP contribution in [0, 0.1) is 25.2 Å². The van der Waals surface area contributed by atoms with Gasteiger partial charge in [0.2, 0.25) is 0 Å². The molecule has 0 radical (unpaired) electrons. The van der Waals surface area contributed by atoms with Gasteiger partial charge in [0.15, 0.2) is 0 Å². The maximum absolute atomic E-state index is 12.4. The minimum Gasteiger partial charge on any atom is -0.345 e. The number of nitriles is 1. The number of carbonyl (C=O) groups is 1. The summed E-state index contributed by atoms with van der Waals surface area (Å²) in [5.41, 5.74) is 3.79. The van der Waals surface area contributed by atoms with Crippen LogP contribution in [-0.4, -0.2) is 10.9 Å². The molecule has 0 atom stereocenters. The minimum atomic E-state index is -0.443. The van der Waals surface area contributed by atoms with Gasteiger partial charge in [0.05, 0.1) is 0 Å². The van der Waals surface area contributed by atoms with Crippen molar-refractivity contribution >= 4 is 17.4 Å². The summed E-state index contributed by atoms with van der Waals surface area (Å²) < 4.78 is 0. The summed E-state index contributed by atoms with van der Waals surface area (Å²) in [7, 11) is 0. The van der Waals surface area contributed by atoms with Crippen LogP contribution in [0.15, 0.2) is 48.3 Å². The zero-order chi connectivity index (χ0) is 17.5. The molecule has 0 aliphatic rings. The monoisotopic (exact) mass is 320 g/mol. The molecule has 122 valence electrons. The third-order valence-electron chi connectivity index (χ3n) is 3.62. The van der Waals surface area contributed by atoms with Crippen molar-refractivity contribution in [2.75, 3.05) is 10.6 Å². The SMILES string of the molecule is CCc1cccc(C)c1NC(=O)/C(C#N)=C\Nc1ccc(C)cn1. The van der Waals surface area contributed by atoms with E-state index in [1.54, 1.807) is 12.3 Å². The number of anilines is 2. The normalized spacial score (nSPS) is 10.8. The summed E-state index contributed by atoms with van der Waals surface area (Å²) in [6, 6.07) is 11.5. The molecule has 1 aromatic carbocycles. The van der Waals surface area contributed by atoms with E-state index in [1.807, 2.05) is 51.1 Å². The molecule has 2 aromatic rings. The van der Waals surface area contributed by atoms with Crippen molar-refractivity contribution in [3.8, 4) is 6.07 Å². The molecule has 0 saturated heterocycles. The summed E-state index contributed by atoms with van der Waals surface area (Å²) in [5.74, 6) is 0.132. The van der Waals surface area contributed by atoms with Gasteiger partial charge in [0.25, 0.3) is 5.91 Å². The Bertz CT molecular complexity index is 801. The van der Waals surface area contributed by atoms with Gasteiger partial charge in [-0.05, 0) is 43.0 Å². The number of nitrogens with one attached hydrogen (secondary N) is 2. The highest BCUT2D eigenvalue weighted by atomic mass is 16.1. The van der Waals surface area contributed by atoms with E-state index in [4.69, 9.17) is 0 Å². The van der Waals surface area contributed by atoms with E-state index in [1.165, 1.54) is 6.20 Å². The summed E-state index contributed by atoms with van der Waals surface area (Å²) >= 11 is 0. The molecule has 0 saturated carbocycles. The second-order valence-corrected chi connectivity index (χ2v) is 5.45. The van der Waals surface area contributed by atoms with Crippen molar-refractivity contribution in [2.24, 2.45) is 0 Å². The van der Waals surface area contributed by atoms with E-state index in [9.17, 15) is 10.1 Å². The number of nitrogens with zero attached hydrogens (tertiary/aromatic N) is 2. The van der Waals surface area contributed by atoms with Gasteiger partial charge in [0, 0.05) is 18.1 Å². The molecule has 1 aromatic heterocycles. The summed E-state index contributed by atoms with van der Waals surface area (Å²) in [6.07, 6.45) is 3.88. The fourth-order valence-corrected chi connectivity index (χ4v) is 2.23. The summed E-state index contributed by atoms with van der Waals surface area (Å²) in [6.45, 7) is 5.89. The molecule has 5 heteroatoms. The van der Waals surface area contributed by atoms with E-state index in [0.29, 0.717) is 5.82 Å². The molecule has 5 nitrogen and oxygen atoms in total. The van der Waals surface area contributed by atoms with Crippen LogP contribution in [-0.2, 0) is 11.2 Å². The van der Waals surface area contributed by atoms with Gasteiger partial charge in [-0.15, -0.1) is 0 Å². The zero-order valence-corrected chi connectivity index (χ0v) is 14.1. The summed E-state index contributed by atoms with van der Waals surface area (Å²) in [4.78, 5) is 16.5. The maximum Gasteiger partial charge on any atom is 0.267 e. The van der Waals surface area contributed by atoms with E-state index in [-0.39, 0.29) is 5.57 Å². The lowest BCUT2D eigenvalue weighted by molar-refractivity contribution is -0.112. The van der Waals surface area contributed by atoms with Crippen LogP contribution in [0.3, 0.4) is 0 Å². The van der Waals surface area contributed by atoms with E-state index < -0.39 is 5.91 Å². The first-order valence-corrected chi connectivity index (χ1v) is 7.74. The van der Waals surface area contributed by atoms with Gasteiger partial charge in [0.1, 0.15) is 17.5 Å². The molecule has 2 rings (SSSR count). The summed E-state index contributed by atoms with van der Waals surface area (Å²) in [5, 5.41) is 15.0. The zero-order valence-electron chi connectivity index (χ0n) is 14.1. The van der Waals surface area contributed by atoms with Crippen LogP contribution in [0.25, 0.3) is 0 Å². The van der Waals surface area contributed by atoms with Gasteiger partial charge < -0.3 is 10.6 Å². The quantitative estimate of drug-likeness (QED) is 0.650. The van der Waals surface area contributed by atoms with Gasteiger partial charge in [-0.2, -0.15) is 5.26 Å². The molecule has 0 unspecified atom stereocenters. The van der Waals surface area contributed by atoms with E-state index in [2.05, 4.69) is 15.6 Å². The van der Waals surface area contributed by atoms with Crippen molar-refractivity contribution < 1.29 is 4.79 Å². The van der Waals surface area contributed by atoms with Crippen LogP contribution in [0.4, 0.5) is 11.5 Å². The average molecular weight is 320 g/mol. The lowest BCUT2D eigenvalue weighted by Crippen LogP contribution is -2.16. The highest BCUT2D eigenvalue weighted by molar-refractivity contribution is 6.07. The Hall–Kier alpha value is -3.13. The molecule has 0 spiro atoms. The maximum atomic E-state index is 12.4. The molecule has 24 heavy (non-hydrogen) atoms. The smallest absolute Gasteiger partial charge is 0.267 e. The molecule has 1 amide bonds. The van der Waals surface area contributed by atoms with Crippen molar-refractivity contribution in [3.63, 3.8) is 0 Å². The van der Waals surface area contributed by atoms with Gasteiger partial charge in [-0.1, -0.05) is 31.2 Å². The standard InChI is InChI=1S/C19H20N4O/c1-4-15-7-5-6-14(3)18(15)23-19(24)16(10-20)12-22-17-9-8-13(2)11-21-17/h5-9,11-12H,4H2,1-3H3,(H,21,22)(H,23,24)/b16-12-. The molecule has 2 N–H and O–H groups in total. The van der Waals surface area contributed by atoms with Crippen molar-refractivity contribution in [2.45, 2.75) is 27.2 Å². The Morgan fingerprint density at radius 1 is 1.29 bits per heavy atom. The van der Waals surface area contributed by atoms with E-state index >= 15 is 0 Å². The fraction of sp³-hybridized carbons (Fsp3) is 0.211. The highest BCUT2D eigenvalue weighted by Crippen LogP contribution is 2.21. The second-order valence-electron chi connectivity index (χ2n) is 5.45. The molecule has 0 fully saturated rings. The molecule has 0 aliphatic carbocycles. The molecule has 0 aliphatic heterocycles. The predicted molar refractivity (Wildman–Crippen MR) is 95.5 cm³/mol. The number of para-hydroxylation sites is 1. The predicted octanol–water partition coefficient (Wildman–Crippen LogP) is 3.72. The Morgan fingerprint density at radius 2 is 2.08 bits per heavy atom. The van der Waals surface area contributed by atoms with Crippen LogP contribution in [0.5, 0.6) is 0 Å². The van der Waals surface area contributed by atoms with Crippen LogP contribution < -0.4 is 10.6 Å². The topological polar surface area (TPSA) is 77.8 Å². The third kappa shape index (κ3) is 4.20. The molecule has 0 bridgehead atoms. The first-order chi connectivity index (χ1) is 11.5. The number of hydrogen-bond donors (Lipinski definition) is 2. The first kappa shape index (κ1) is 17.2. The number of aryl methyl sites for hydroxylation is 3. The average Bonchev–Trinajstić information content (AvgIpc) is 2.58. The molecular formula is C19H20N4O. The van der Waals surface area contributed by atoms with Gasteiger partial charge >= 0.3 is 0 Å². The Labute approximate surface area is 142 Å². The number of rotatable bonds is 5. The largest absolute Gasteiger partial charge is 0.345 e. The van der Waals surface area contributed by atoms with E-state index in [0.717, 1.165) is 28.8 Å². The van der Waals surface area contributed by atoms with Crippen LogP contribution >= 0.6 is 0 Å². The Kier molecular flexibility index (Phi) is 5.69. The first-order valence-electron chi connectivity index (χ1n) is 7.74. The van der Waals surface area contributed by atoms with Crippen LogP contribution in [0.1, 0.15) is 23.6 Å². The lowest BCUT2D eigenvalue weighted by atomic mass is 10.1. The van der Waals surface area contributed by atoms with Gasteiger partial charge in [-0.25, -0.2) is 4.98 Å². The second kappa shape index (κ2) is 7.93. The lowest BCUT2D eigenvalue weighted by Gasteiger charge is -2.12. The van der Waals surface area contributed by atoms with Crippen molar-refractivity contribution in [1.29, 1.82) is 5.26 Å². The third-order valence-corrected chi connectivity index (χ3v) is 3.62. The number of carbonyl (C=O) groups excluding carboxylic acids is 1. The van der Waals surface area contributed by atoms with Gasteiger partial charge in [-0.3, -0.25) is 4.79 Å². The number of benzene rings is 1. The Balaban J connectivity index is 2.16. The van der Waals surface area contributed by atoms with Crippen molar-refractivity contribution in [1.82, 2.24) is 4.98 Å². The molecular weight excluding hydrogens is 300 g/mol. The van der Waals surface area contributed by atoms with Crippen molar-refractivity contribution in [3.05, 3.63) is 65.0 Å². The minimum absolute atomic E-state index is 0.0114.